The van der Waals surface area contributed by atoms with Crippen LogP contribution in [0.15, 0.2) is 12.5 Å². The van der Waals surface area contributed by atoms with Gasteiger partial charge < -0.3 is 19.4 Å². The second-order valence-corrected chi connectivity index (χ2v) is 14.4. The highest BCUT2D eigenvalue weighted by molar-refractivity contribution is 5.77. The van der Waals surface area contributed by atoms with Crippen molar-refractivity contribution in [1.29, 1.82) is 0 Å². The molecule has 0 aliphatic rings. The zero-order valence-electron chi connectivity index (χ0n) is 32.4. The highest BCUT2D eigenvalue weighted by Crippen LogP contribution is 2.15. The van der Waals surface area contributed by atoms with Crippen LogP contribution in [0.1, 0.15) is 206 Å². The molecule has 0 radical (unpaired) electrons. The monoisotopic (exact) mass is 690 g/mol. The number of aryl methyl sites for hydroxylation is 1. The maximum absolute atomic E-state index is 13.1. The Morgan fingerprint density at radius 2 is 1.00 bits per heavy atom. The minimum Gasteiger partial charge on any atom is -0.463 e. The summed E-state index contributed by atoms with van der Waals surface area (Å²) in [6.45, 7) is 6.68. The van der Waals surface area contributed by atoms with Gasteiger partial charge in [0.15, 0.2) is 0 Å². The molecule has 0 bridgehead atoms. The first kappa shape index (κ1) is 45.1. The van der Waals surface area contributed by atoms with E-state index in [-0.39, 0.29) is 31.7 Å². The van der Waals surface area contributed by atoms with E-state index in [0.29, 0.717) is 12.8 Å². The van der Waals surface area contributed by atoms with E-state index in [1.165, 1.54) is 167 Å². The maximum Gasteiger partial charge on any atom is 0.306 e. The van der Waals surface area contributed by atoms with Gasteiger partial charge in [0.25, 0.3) is 0 Å². The Morgan fingerprint density at radius 3 is 1.39 bits per heavy atom. The van der Waals surface area contributed by atoms with Crippen molar-refractivity contribution in [2.45, 2.75) is 206 Å². The third kappa shape index (κ3) is 30.6. The first-order valence-corrected chi connectivity index (χ1v) is 21.2. The molecule has 1 heterocycles. The highest BCUT2D eigenvalue weighted by Gasteiger charge is 2.13. The number of amides is 1. The van der Waals surface area contributed by atoms with Gasteiger partial charge >= 0.3 is 5.97 Å². The summed E-state index contributed by atoms with van der Waals surface area (Å²) in [5.41, 5.74) is 0.913. The van der Waals surface area contributed by atoms with Crippen molar-refractivity contribution in [3.8, 4) is 0 Å². The number of imidazole rings is 1. The summed E-state index contributed by atoms with van der Waals surface area (Å²) in [5, 5.41) is 0. The second-order valence-electron chi connectivity index (χ2n) is 14.4. The van der Waals surface area contributed by atoms with Gasteiger partial charge in [-0.25, -0.2) is 4.98 Å². The van der Waals surface area contributed by atoms with Crippen LogP contribution in [0.3, 0.4) is 0 Å². The van der Waals surface area contributed by atoms with E-state index >= 15 is 0 Å². The molecular formula is C42H79N3O4. The molecule has 0 aromatic carbocycles. The lowest BCUT2D eigenvalue weighted by Gasteiger charge is -2.23. The normalized spacial score (nSPS) is 11.3. The molecule has 0 saturated carbocycles. The Hall–Kier alpha value is -1.89. The lowest BCUT2D eigenvalue weighted by Crippen LogP contribution is -2.36. The molecule has 0 spiro atoms. The third-order valence-electron chi connectivity index (χ3n) is 9.79. The summed E-state index contributed by atoms with van der Waals surface area (Å²) in [6.07, 6.45) is 41.6. The molecule has 7 heteroatoms. The van der Waals surface area contributed by atoms with Crippen LogP contribution < -0.4 is 0 Å². The van der Waals surface area contributed by atoms with Crippen LogP contribution >= 0.6 is 0 Å². The number of rotatable bonds is 38. The van der Waals surface area contributed by atoms with Gasteiger partial charge in [-0.3, -0.25) is 9.59 Å². The zero-order chi connectivity index (χ0) is 35.3. The average molecular weight is 690 g/mol. The van der Waals surface area contributed by atoms with E-state index in [4.69, 9.17) is 9.47 Å². The number of hydrogen-bond acceptors (Lipinski definition) is 5. The second kappa shape index (κ2) is 35.9. The Morgan fingerprint density at radius 1 is 0.592 bits per heavy atom. The predicted octanol–water partition coefficient (Wildman–Crippen LogP) is 11.7. The van der Waals surface area contributed by atoms with Gasteiger partial charge in [-0.15, -0.1) is 0 Å². The van der Waals surface area contributed by atoms with Crippen LogP contribution in [0.25, 0.3) is 0 Å². The number of aromatic nitrogens is 2. The van der Waals surface area contributed by atoms with Crippen molar-refractivity contribution in [3.63, 3.8) is 0 Å². The molecule has 7 nitrogen and oxygen atoms in total. The molecule has 286 valence electrons. The number of ether oxygens (including phenoxy) is 2. The molecule has 0 atom stereocenters. The molecule has 1 N–H and O–H groups in total. The number of H-pyrrole nitrogens is 1. The van der Waals surface area contributed by atoms with Crippen LogP contribution in [-0.2, 0) is 25.5 Å². The Balaban J connectivity index is 2.19. The van der Waals surface area contributed by atoms with E-state index in [2.05, 4.69) is 23.8 Å². The zero-order valence-corrected chi connectivity index (χ0v) is 32.4. The molecule has 1 rings (SSSR count). The number of nitrogens with zero attached hydrogens (tertiary/aromatic N) is 2. The molecule has 0 aliphatic carbocycles. The van der Waals surface area contributed by atoms with Gasteiger partial charge in [0.2, 0.25) is 5.91 Å². The summed E-state index contributed by atoms with van der Waals surface area (Å²) >= 11 is 0. The smallest absolute Gasteiger partial charge is 0.306 e. The number of carbonyl (C=O) groups excluding carboxylic acids is 2. The minimum absolute atomic E-state index is 0.0584. The summed E-state index contributed by atoms with van der Waals surface area (Å²) in [7, 11) is 0. The summed E-state index contributed by atoms with van der Waals surface area (Å²) < 4.78 is 10.9. The first-order chi connectivity index (χ1) is 24.2. The van der Waals surface area contributed by atoms with Crippen molar-refractivity contribution in [3.05, 3.63) is 18.2 Å². The maximum atomic E-state index is 13.1. The Bertz CT molecular complexity index is 800. The van der Waals surface area contributed by atoms with E-state index in [9.17, 15) is 9.59 Å². The van der Waals surface area contributed by atoms with Gasteiger partial charge in [0, 0.05) is 25.0 Å². The number of nitrogens with one attached hydrogen (secondary N) is 1. The predicted molar refractivity (Wildman–Crippen MR) is 206 cm³/mol. The van der Waals surface area contributed by atoms with E-state index in [0.717, 1.165) is 31.6 Å². The van der Waals surface area contributed by atoms with E-state index < -0.39 is 0 Å². The van der Waals surface area contributed by atoms with E-state index in [1.807, 2.05) is 4.90 Å². The lowest BCUT2D eigenvalue weighted by molar-refractivity contribution is -0.146. The molecule has 1 aromatic rings. The highest BCUT2D eigenvalue weighted by atomic mass is 16.6. The molecule has 1 aromatic heterocycles. The summed E-state index contributed by atoms with van der Waals surface area (Å²) in [5.74, 6) is -0.197. The third-order valence-corrected chi connectivity index (χ3v) is 9.79. The van der Waals surface area contributed by atoms with Gasteiger partial charge in [-0.1, -0.05) is 181 Å². The molecule has 0 saturated heterocycles. The number of hydrogen-bond donors (Lipinski definition) is 1. The van der Waals surface area contributed by atoms with Crippen molar-refractivity contribution < 1.29 is 19.1 Å². The van der Waals surface area contributed by atoms with Crippen molar-refractivity contribution >= 4 is 11.9 Å². The lowest BCUT2D eigenvalue weighted by atomic mass is 10.0. The quantitative estimate of drug-likeness (QED) is 0.0552. The molecule has 0 unspecified atom stereocenters. The van der Waals surface area contributed by atoms with Crippen molar-refractivity contribution in [2.75, 3.05) is 32.9 Å². The average Bonchev–Trinajstić information content (AvgIpc) is 3.64. The van der Waals surface area contributed by atoms with Gasteiger partial charge in [-0.2, -0.15) is 0 Å². The van der Waals surface area contributed by atoms with Crippen LogP contribution in [0.4, 0.5) is 0 Å². The van der Waals surface area contributed by atoms with Gasteiger partial charge in [0.05, 0.1) is 19.4 Å². The van der Waals surface area contributed by atoms with Gasteiger partial charge in [0.1, 0.15) is 13.2 Å². The van der Waals surface area contributed by atoms with Crippen molar-refractivity contribution in [2.24, 2.45) is 0 Å². The fourth-order valence-corrected chi connectivity index (χ4v) is 6.55. The molecule has 0 aliphatic heterocycles. The van der Waals surface area contributed by atoms with Crippen LogP contribution in [0, 0.1) is 0 Å². The SMILES string of the molecule is CCCCCCCCCCCCCCCCN(CCCCCCCCCCCCCCCC)C(=O)COCCOC(=O)CCc1cnc[nH]1. The standard InChI is InChI=1S/C42H79N3O4/c1-3-5-7-9-11-13-15-17-19-21-23-25-27-29-33-45(34-30-28-26-24-22-20-18-16-14-12-10-8-6-4-2)41(46)38-48-35-36-49-42(47)32-31-40-37-43-39-44-40/h37,39H,3-36,38H2,1-2H3,(H,43,44). The fourth-order valence-electron chi connectivity index (χ4n) is 6.55. The van der Waals surface area contributed by atoms with E-state index in [1.54, 1.807) is 12.5 Å². The minimum atomic E-state index is -0.262. The molecular weight excluding hydrogens is 610 g/mol. The Kier molecular flexibility index (Phi) is 33.1. The van der Waals surface area contributed by atoms with Crippen molar-refractivity contribution in [1.82, 2.24) is 14.9 Å². The number of esters is 1. The topological polar surface area (TPSA) is 84.5 Å². The van der Waals surface area contributed by atoms with Crippen LogP contribution in [-0.4, -0.2) is 59.7 Å². The number of carbonyl (C=O) groups is 2. The largest absolute Gasteiger partial charge is 0.463 e. The first-order valence-electron chi connectivity index (χ1n) is 21.2. The number of unbranched alkanes of at least 4 members (excludes halogenated alkanes) is 26. The summed E-state index contributed by atoms with van der Waals surface area (Å²) in [6, 6.07) is 0. The van der Waals surface area contributed by atoms with Gasteiger partial charge in [-0.05, 0) is 19.3 Å². The number of aromatic amines is 1. The molecule has 49 heavy (non-hydrogen) atoms. The fraction of sp³-hybridized carbons (Fsp3) is 0.881. The Labute approximate surface area is 302 Å². The van der Waals surface area contributed by atoms with Crippen LogP contribution in [0.2, 0.25) is 0 Å². The molecule has 1 amide bonds. The molecule has 0 fully saturated rings. The summed E-state index contributed by atoms with van der Waals surface area (Å²) in [4.78, 5) is 34.0. The van der Waals surface area contributed by atoms with Crippen LogP contribution in [0.5, 0.6) is 0 Å².